The number of aromatic nitrogens is 6. The molecule has 0 radical (unpaired) electrons. The van der Waals surface area contributed by atoms with Gasteiger partial charge in [-0.2, -0.15) is 0 Å². The van der Waals surface area contributed by atoms with Gasteiger partial charge >= 0.3 is 0 Å². The molecule has 0 amide bonds. The summed E-state index contributed by atoms with van der Waals surface area (Å²) >= 11 is 0. The van der Waals surface area contributed by atoms with Crippen molar-refractivity contribution in [2.24, 2.45) is 0 Å². The second-order valence-corrected chi connectivity index (χ2v) is 15.8. The maximum absolute atomic E-state index is 5.12. The molecule has 0 saturated carbocycles. The van der Waals surface area contributed by atoms with E-state index in [9.17, 15) is 0 Å². The molecule has 0 aliphatic carbocycles. The molecule has 0 aliphatic rings. The van der Waals surface area contributed by atoms with Gasteiger partial charge in [0.1, 0.15) is 0 Å². The van der Waals surface area contributed by atoms with Gasteiger partial charge in [-0.15, -0.1) is 0 Å². The minimum atomic E-state index is -0.0580. The highest BCUT2D eigenvalue weighted by molar-refractivity contribution is 5.80. The molecule has 5 aromatic carbocycles. The highest BCUT2D eigenvalue weighted by atomic mass is 15.0. The first-order valence-electron chi connectivity index (χ1n) is 18.5. The Kier molecular flexibility index (Phi) is 9.87. The fraction of sp³-hybridized carbons (Fsp3) is 0.208. The Morgan fingerprint density at radius 3 is 1.07 bits per heavy atom. The zero-order valence-corrected chi connectivity index (χ0v) is 32.4. The Labute approximate surface area is 319 Å². The molecule has 7 rings (SSSR count). The van der Waals surface area contributed by atoms with Gasteiger partial charge in [0, 0.05) is 27.8 Å². The zero-order valence-electron chi connectivity index (χ0n) is 32.4. The number of hydrogen-bond donors (Lipinski definition) is 0. The smallest absolute Gasteiger partial charge is 0.164 e. The lowest BCUT2D eigenvalue weighted by Gasteiger charge is -2.26. The summed E-state index contributed by atoms with van der Waals surface area (Å²) in [4.78, 5) is 30.3. The van der Waals surface area contributed by atoms with Crippen molar-refractivity contribution in [2.75, 3.05) is 0 Å². The predicted molar refractivity (Wildman–Crippen MR) is 223 cm³/mol. The van der Waals surface area contributed by atoms with E-state index in [2.05, 4.69) is 77.9 Å². The van der Waals surface area contributed by atoms with Gasteiger partial charge in [0.2, 0.25) is 0 Å². The van der Waals surface area contributed by atoms with Gasteiger partial charge in [0.05, 0.1) is 0 Å². The molecular weight excluding hydrogens is 661 g/mol. The van der Waals surface area contributed by atoms with Gasteiger partial charge < -0.3 is 0 Å². The van der Waals surface area contributed by atoms with E-state index in [-0.39, 0.29) is 10.8 Å². The summed E-state index contributed by atoms with van der Waals surface area (Å²) in [6, 6.07) is 43.7. The molecule has 6 nitrogen and oxygen atoms in total. The Hall–Kier alpha value is -6.14. The first-order chi connectivity index (χ1) is 25.9. The molecule has 7 aromatic rings. The molecule has 54 heavy (non-hydrogen) atoms. The minimum absolute atomic E-state index is 0.0580. The molecule has 2 aromatic heterocycles. The van der Waals surface area contributed by atoms with Crippen LogP contribution in [0.15, 0.2) is 133 Å². The maximum Gasteiger partial charge on any atom is 0.164 e. The molecule has 0 bridgehead atoms. The van der Waals surface area contributed by atoms with E-state index >= 15 is 0 Å². The van der Waals surface area contributed by atoms with Crippen LogP contribution in [-0.2, 0) is 10.8 Å². The van der Waals surface area contributed by atoms with Crippen LogP contribution in [0, 0.1) is 0 Å². The standard InChI is InChI=1S/C48H46N6/c1-9-31(2)41-49-42(32-19-13-10-14-20-32)52-45(50-41)37-25-35(36-28-39(47(3,4)5)30-40(29-36)48(6,7)8)26-38(27-37)46-53-43(33-21-15-11-16-22-33)51-44(54-46)34-23-17-12-18-24-34/h9-30H,1-8H3/b31-9+. The molecule has 0 spiro atoms. The van der Waals surface area contributed by atoms with Crippen LogP contribution >= 0.6 is 0 Å². The van der Waals surface area contributed by atoms with E-state index in [4.69, 9.17) is 29.9 Å². The van der Waals surface area contributed by atoms with Gasteiger partial charge in [0.15, 0.2) is 34.9 Å². The van der Waals surface area contributed by atoms with Gasteiger partial charge in [0.25, 0.3) is 0 Å². The molecule has 0 fully saturated rings. The molecule has 0 atom stereocenters. The number of hydrogen-bond acceptors (Lipinski definition) is 6. The lowest BCUT2D eigenvalue weighted by molar-refractivity contribution is 0.569. The molecule has 2 heterocycles. The van der Waals surface area contributed by atoms with E-state index < -0.39 is 0 Å². The summed E-state index contributed by atoms with van der Waals surface area (Å²) < 4.78 is 0. The van der Waals surface area contributed by atoms with E-state index in [0.29, 0.717) is 34.9 Å². The van der Waals surface area contributed by atoms with Crippen molar-refractivity contribution < 1.29 is 0 Å². The molecule has 0 unspecified atom stereocenters. The van der Waals surface area contributed by atoms with Crippen LogP contribution in [0.1, 0.15) is 72.3 Å². The maximum atomic E-state index is 5.12. The lowest BCUT2D eigenvalue weighted by Crippen LogP contribution is -2.16. The highest BCUT2D eigenvalue weighted by Crippen LogP contribution is 2.38. The summed E-state index contributed by atoms with van der Waals surface area (Å²) in [5.74, 6) is 3.60. The van der Waals surface area contributed by atoms with Gasteiger partial charge in [-0.3, -0.25) is 0 Å². The number of benzene rings is 5. The zero-order chi connectivity index (χ0) is 38.0. The Balaban J connectivity index is 1.53. The van der Waals surface area contributed by atoms with Crippen LogP contribution < -0.4 is 0 Å². The van der Waals surface area contributed by atoms with Crippen molar-refractivity contribution in [3.63, 3.8) is 0 Å². The van der Waals surface area contributed by atoms with Crippen molar-refractivity contribution in [2.45, 2.75) is 66.2 Å². The topological polar surface area (TPSA) is 77.3 Å². The van der Waals surface area contributed by atoms with Crippen molar-refractivity contribution in [1.82, 2.24) is 29.9 Å². The van der Waals surface area contributed by atoms with Crippen LogP contribution in [0.25, 0.3) is 73.6 Å². The number of nitrogens with zero attached hydrogens (tertiary/aromatic N) is 6. The first-order valence-corrected chi connectivity index (χ1v) is 18.5. The fourth-order valence-corrected chi connectivity index (χ4v) is 6.18. The average Bonchev–Trinajstić information content (AvgIpc) is 3.20. The normalized spacial score (nSPS) is 12.2. The third-order valence-corrected chi connectivity index (χ3v) is 9.60. The Morgan fingerprint density at radius 1 is 0.389 bits per heavy atom. The highest BCUT2D eigenvalue weighted by Gasteiger charge is 2.23. The molecule has 0 N–H and O–H groups in total. The van der Waals surface area contributed by atoms with Gasteiger partial charge in [-0.1, -0.05) is 157 Å². The summed E-state index contributed by atoms with van der Waals surface area (Å²) in [5, 5.41) is 0. The third kappa shape index (κ3) is 7.93. The fourth-order valence-electron chi connectivity index (χ4n) is 6.18. The third-order valence-electron chi connectivity index (χ3n) is 9.60. The van der Waals surface area contributed by atoms with Crippen LogP contribution in [0.4, 0.5) is 0 Å². The first kappa shape index (κ1) is 36.2. The largest absolute Gasteiger partial charge is 0.209 e. The van der Waals surface area contributed by atoms with Crippen LogP contribution in [0.3, 0.4) is 0 Å². The van der Waals surface area contributed by atoms with Crippen molar-refractivity contribution >= 4 is 5.57 Å². The van der Waals surface area contributed by atoms with Gasteiger partial charge in [-0.25, -0.2) is 29.9 Å². The Morgan fingerprint density at radius 2 is 0.704 bits per heavy atom. The molecule has 268 valence electrons. The monoisotopic (exact) mass is 706 g/mol. The SMILES string of the molecule is C/C=C(\C)c1nc(-c2ccccc2)nc(-c2cc(-c3cc(C(C)(C)C)cc(C(C)(C)C)c3)cc(-c3nc(-c4ccccc4)nc(-c4ccccc4)n3)c2)n1. The summed E-state index contributed by atoms with van der Waals surface area (Å²) in [6.45, 7) is 17.6. The second-order valence-electron chi connectivity index (χ2n) is 15.8. The van der Waals surface area contributed by atoms with E-state index in [1.54, 1.807) is 0 Å². The van der Waals surface area contributed by atoms with E-state index in [1.807, 2.05) is 111 Å². The van der Waals surface area contributed by atoms with E-state index in [0.717, 1.165) is 44.5 Å². The van der Waals surface area contributed by atoms with Crippen molar-refractivity contribution in [3.8, 4) is 68.1 Å². The van der Waals surface area contributed by atoms with Crippen molar-refractivity contribution in [1.29, 1.82) is 0 Å². The minimum Gasteiger partial charge on any atom is -0.209 e. The second kappa shape index (κ2) is 14.7. The van der Waals surface area contributed by atoms with Crippen LogP contribution in [0.5, 0.6) is 0 Å². The van der Waals surface area contributed by atoms with Crippen molar-refractivity contribution in [3.05, 3.63) is 150 Å². The molecule has 6 heteroatoms. The lowest BCUT2D eigenvalue weighted by atomic mass is 9.78. The summed E-state index contributed by atoms with van der Waals surface area (Å²) in [5.41, 5.74) is 9.96. The van der Waals surface area contributed by atoms with Gasteiger partial charge in [-0.05, 0) is 70.7 Å². The number of rotatable bonds is 7. The average molecular weight is 707 g/mol. The molecule has 0 saturated heterocycles. The Bertz CT molecular complexity index is 2370. The predicted octanol–water partition coefficient (Wildman–Crippen LogP) is 12.1. The number of allylic oxidation sites excluding steroid dienone is 2. The molecule has 0 aliphatic heterocycles. The van der Waals surface area contributed by atoms with Crippen LogP contribution in [0.2, 0.25) is 0 Å². The molecular formula is C48H46N6. The van der Waals surface area contributed by atoms with E-state index in [1.165, 1.54) is 11.1 Å². The summed E-state index contributed by atoms with van der Waals surface area (Å²) in [7, 11) is 0. The quantitative estimate of drug-likeness (QED) is 0.164. The summed E-state index contributed by atoms with van der Waals surface area (Å²) in [6.07, 6.45) is 2.03. The van der Waals surface area contributed by atoms with Crippen LogP contribution in [-0.4, -0.2) is 29.9 Å².